The van der Waals surface area contributed by atoms with Crippen LogP contribution in [-0.2, 0) is 51.3 Å². The molecule has 0 aliphatic carbocycles. The van der Waals surface area contributed by atoms with Crippen LogP contribution < -0.4 is 9.47 Å². The van der Waals surface area contributed by atoms with Gasteiger partial charge in [-0.05, 0) is 83.0 Å². The second-order valence-electron chi connectivity index (χ2n) is 12.8. The number of aromatic hydroxyl groups is 2. The Morgan fingerprint density at radius 2 is 0.871 bits per heavy atom. The maximum atomic E-state index is 11.9. The van der Waals surface area contributed by atoms with Gasteiger partial charge in [0.1, 0.15) is 48.9 Å². The van der Waals surface area contributed by atoms with Crippen LogP contribution in [0.4, 0.5) is 0 Å². The molecule has 0 spiro atoms. The van der Waals surface area contributed by atoms with Crippen LogP contribution in [0, 0.1) is 0 Å². The van der Waals surface area contributed by atoms with Gasteiger partial charge in [0.2, 0.25) is 0 Å². The van der Waals surface area contributed by atoms with E-state index in [1.807, 2.05) is 0 Å². The number of aliphatic hydroxyl groups excluding tert-OH is 4. The molecule has 0 aliphatic heterocycles. The predicted molar refractivity (Wildman–Crippen MR) is 226 cm³/mol. The van der Waals surface area contributed by atoms with Gasteiger partial charge in [0.05, 0.1) is 34.0 Å². The zero-order valence-corrected chi connectivity index (χ0v) is 33.9. The maximum Gasteiger partial charge on any atom is 0.331 e. The number of esters is 4. The van der Waals surface area contributed by atoms with Gasteiger partial charge in [-0.1, -0.05) is 48.5 Å². The summed E-state index contributed by atoms with van der Waals surface area (Å²) in [5.74, 6) is -1.53. The van der Waals surface area contributed by atoms with Crippen molar-refractivity contribution in [1.82, 2.24) is 0 Å². The standard InChI is InChI=1S/2C23H24O8/c1-29-21-12-17(2-7-18(21)13-24)6-10-22(27)30-15-20(14-25)31-23(28)11-5-16-3-8-19(26)9-4-16;1-29-21-12-17(2-7-18(21)13-24)6-11-23(28)31-15-20(26)14-30-22(27)10-5-16-3-8-19(25)9-4-16/h2*2-12,20,24-26H,13-15H2,1H3/b10-6+,11-5+;10-5+,11-6+. The Kier molecular flexibility index (Phi) is 21.2. The fourth-order valence-corrected chi connectivity index (χ4v) is 4.87. The zero-order chi connectivity index (χ0) is 45.3. The van der Waals surface area contributed by atoms with Crippen LogP contribution in [0.3, 0.4) is 0 Å². The number of carbonyl (C=O) groups is 4. The van der Waals surface area contributed by atoms with Crippen molar-refractivity contribution in [2.24, 2.45) is 0 Å². The summed E-state index contributed by atoms with van der Waals surface area (Å²) in [6, 6.07) is 22.5. The molecule has 16 nitrogen and oxygen atoms in total. The van der Waals surface area contributed by atoms with Crippen LogP contribution in [0.15, 0.2) is 109 Å². The molecule has 0 aliphatic rings. The molecular formula is C46H48O16. The van der Waals surface area contributed by atoms with E-state index in [0.29, 0.717) is 44.9 Å². The fraction of sp³-hybridized carbons (Fsp3) is 0.217. The quantitative estimate of drug-likeness (QED) is 0.0416. The highest BCUT2D eigenvalue weighted by molar-refractivity contribution is 5.89. The van der Waals surface area contributed by atoms with Crippen molar-refractivity contribution in [3.05, 3.63) is 143 Å². The van der Waals surface area contributed by atoms with Crippen molar-refractivity contribution in [2.75, 3.05) is 40.6 Å². The van der Waals surface area contributed by atoms with Crippen molar-refractivity contribution in [3.8, 4) is 23.0 Å². The third kappa shape index (κ3) is 18.4. The van der Waals surface area contributed by atoms with Crippen LogP contribution in [0.1, 0.15) is 33.4 Å². The molecule has 2 unspecified atom stereocenters. The summed E-state index contributed by atoms with van der Waals surface area (Å²) in [6.45, 7) is -1.84. The number of phenols is 2. The minimum absolute atomic E-state index is 0.109. The summed E-state index contributed by atoms with van der Waals surface area (Å²) in [4.78, 5) is 47.2. The summed E-state index contributed by atoms with van der Waals surface area (Å²) >= 11 is 0. The molecule has 0 saturated heterocycles. The minimum atomic E-state index is -1.17. The van der Waals surface area contributed by atoms with Crippen molar-refractivity contribution in [3.63, 3.8) is 0 Å². The summed E-state index contributed by atoms with van der Waals surface area (Å²) in [6.07, 6.45) is 8.54. The smallest absolute Gasteiger partial charge is 0.331 e. The Labute approximate surface area is 357 Å². The molecule has 6 N–H and O–H groups in total. The van der Waals surface area contributed by atoms with E-state index in [9.17, 15) is 49.8 Å². The third-order valence-corrected chi connectivity index (χ3v) is 8.13. The molecule has 4 rings (SSSR count). The number of aliphatic hydroxyl groups is 4. The third-order valence-electron chi connectivity index (χ3n) is 8.13. The Hall–Kier alpha value is -7.24. The molecule has 0 heterocycles. The molecule has 16 heteroatoms. The van der Waals surface area contributed by atoms with E-state index in [1.54, 1.807) is 60.7 Å². The first-order valence-corrected chi connectivity index (χ1v) is 18.7. The summed E-state index contributed by atoms with van der Waals surface area (Å²) < 4.78 is 30.2. The summed E-state index contributed by atoms with van der Waals surface area (Å²) in [7, 11) is 2.96. The molecule has 0 bridgehead atoms. The van der Waals surface area contributed by atoms with Crippen LogP contribution in [-0.4, -0.2) is 107 Å². The van der Waals surface area contributed by atoms with Crippen LogP contribution in [0.2, 0.25) is 0 Å². The number of hydrogen-bond donors (Lipinski definition) is 6. The second kappa shape index (κ2) is 26.8. The van der Waals surface area contributed by atoms with Gasteiger partial charge in [-0.15, -0.1) is 0 Å². The summed E-state index contributed by atoms with van der Waals surface area (Å²) in [5, 5.41) is 56.0. The molecule has 0 saturated carbocycles. The van der Waals surface area contributed by atoms with Gasteiger partial charge in [-0.25, -0.2) is 19.2 Å². The molecule has 0 amide bonds. The first-order valence-electron chi connectivity index (χ1n) is 18.7. The van der Waals surface area contributed by atoms with E-state index < -0.39 is 42.7 Å². The number of ether oxygens (including phenoxy) is 6. The van der Waals surface area contributed by atoms with E-state index in [0.717, 1.165) is 0 Å². The SMILES string of the molecule is COc1cc(/C=C/C(=O)OCC(CO)OC(=O)/C=C/c2ccc(O)cc2)ccc1CO.COc1cc(/C=C/C(=O)OCC(O)COC(=O)/C=C/c2ccc(O)cc2)ccc1CO. The molecule has 4 aromatic carbocycles. The van der Waals surface area contributed by atoms with E-state index in [-0.39, 0.29) is 44.5 Å². The predicted octanol–water partition coefficient (Wildman–Crippen LogP) is 4.13. The lowest BCUT2D eigenvalue weighted by molar-refractivity contribution is -0.154. The Balaban J connectivity index is 0.000000330. The minimum Gasteiger partial charge on any atom is -0.508 e. The number of rotatable bonds is 20. The van der Waals surface area contributed by atoms with Gasteiger partial charge < -0.3 is 59.1 Å². The van der Waals surface area contributed by atoms with Crippen molar-refractivity contribution < 1.29 is 78.2 Å². The van der Waals surface area contributed by atoms with E-state index in [4.69, 9.17) is 28.4 Å². The Morgan fingerprint density at radius 1 is 0.516 bits per heavy atom. The monoisotopic (exact) mass is 856 g/mol. The molecular weight excluding hydrogens is 808 g/mol. The molecule has 0 radical (unpaired) electrons. The highest BCUT2D eigenvalue weighted by Crippen LogP contribution is 2.22. The highest BCUT2D eigenvalue weighted by Gasteiger charge is 2.14. The summed E-state index contributed by atoms with van der Waals surface area (Å²) in [5.41, 5.74) is 3.94. The molecule has 4 aromatic rings. The van der Waals surface area contributed by atoms with Crippen LogP contribution >= 0.6 is 0 Å². The number of hydrogen-bond acceptors (Lipinski definition) is 16. The number of carbonyl (C=O) groups excluding carboxylic acids is 4. The lowest BCUT2D eigenvalue weighted by atomic mass is 10.1. The number of phenolic OH excluding ortho intramolecular Hbond substituents is 2. The fourth-order valence-electron chi connectivity index (χ4n) is 4.87. The zero-order valence-electron chi connectivity index (χ0n) is 33.9. The van der Waals surface area contributed by atoms with E-state index in [2.05, 4.69) is 0 Å². The second-order valence-corrected chi connectivity index (χ2v) is 12.8. The first kappa shape index (κ1) is 49.1. The van der Waals surface area contributed by atoms with Crippen molar-refractivity contribution >= 4 is 48.2 Å². The van der Waals surface area contributed by atoms with Crippen LogP contribution in [0.5, 0.6) is 23.0 Å². The van der Waals surface area contributed by atoms with Gasteiger partial charge in [0, 0.05) is 35.4 Å². The maximum absolute atomic E-state index is 11.9. The average Bonchev–Trinajstić information content (AvgIpc) is 3.29. The van der Waals surface area contributed by atoms with Gasteiger partial charge in [0.25, 0.3) is 0 Å². The molecule has 62 heavy (non-hydrogen) atoms. The normalized spacial score (nSPS) is 12.1. The molecule has 328 valence electrons. The highest BCUT2D eigenvalue weighted by atomic mass is 16.6. The largest absolute Gasteiger partial charge is 0.508 e. The number of benzene rings is 4. The lowest BCUT2D eigenvalue weighted by Gasteiger charge is -2.13. The Morgan fingerprint density at radius 3 is 1.24 bits per heavy atom. The van der Waals surface area contributed by atoms with Gasteiger partial charge in [0.15, 0.2) is 6.10 Å². The number of methoxy groups -OCH3 is 2. The van der Waals surface area contributed by atoms with Crippen molar-refractivity contribution in [1.29, 1.82) is 0 Å². The van der Waals surface area contributed by atoms with Crippen LogP contribution in [0.25, 0.3) is 24.3 Å². The molecule has 2 atom stereocenters. The first-order chi connectivity index (χ1) is 29.8. The van der Waals surface area contributed by atoms with Crippen molar-refractivity contribution in [2.45, 2.75) is 25.4 Å². The van der Waals surface area contributed by atoms with Gasteiger partial charge >= 0.3 is 23.9 Å². The average molecular weight is 857 g/mol. The van der Waals surface area contributed by atoms with Gasteiger partial charge in [-0.3, -0.25) is 0 Å². The molecule has 0 fully saturated rings. The lowest BCUT2D eigenvalue weighted by Crippen LogP contribution is -2.27. The van der Waals surface area contributed by atoms with Gasteiger partial charge in [-0.2, -0.15) is 0 Å². The van der Waals surface area contributed by atoms with E-state index >= 15 is 0 Å². The molecule has 0 aromatic heterocycles. The van der Waals surface area contributed by atoms with E-state index in [1.165, 1.54) is 87.1 Å². The Bertz CT molecular complexity index is 2170. The topological polar surface area (TPSA) is 245 Å².